The van der Waals surface area contributed by atoms with Crippen LogP contribution in [0.5, 0.6) is 0 Å². The minimum absolute atomic E-state index is 0. The van der Waals surface area contributed by atoms with Crippen molar-refractivity contribution in [2.75, 3.05) is 13.2 Å². The van der Waals surface area contributed by atoms with E-state index in [0.29, 0.717) is 58.2 Å². The van der Waals surface area contributed by atoms with Crippen molar-refractivity contribution in [1.82, 2.24) is 0 Å². The molecule has 0 N–H and O–H groups in total. The van der Waals surface area contributed by atoms with Gasteiger partial charge in [-0.25, -0.2) is 8.42 Å². The summed E-state index contributed by atoms with van der Waals surface area (Å²) in [7, 11) is -4.25. The van der Waals surface area contributed by atoms with E-state index < -0.39 is 26.7 Å². The normalized spacial score (nSPS) is 22.1. The first-order valence-corrected chi connectivity index (χ1v) is 14.2. The van der Waals surface area contributed by atoms with Crippen LogP contribution in [0.2, 0.25) is 0 Å². The Morgan fingerprint density at radius 1 is 1.00 bits per heavy atom. The van der Waals surface area contributed by atoms with Gasteiger partial charge in [-0.15, -0.1) is 0 Å². The second-order valence-electron chi connectivity index (χ2n) is 10.1. The molecule has 0 aromatic carbocycles. The van der Waals surface area contributed by atoms with Crippen molar-refractivity contribution in [3.8, 4) is 0 Å². The van der Waals surface area contributed by atoms with Crippen LogP contribution in [0, 0.1) is 23.2 Å². The second kappa shape index (κ2) is 16.6. The Kier molecular flexibility index (Phi) is 16.5. The maximum atomic E-state index is 13.0. The van der Waals surface area contributed by atoms with Gasteiger partial charge in [-0.1, -0.05) is 40.5 Å². The molecule has 0 aliphatic heterocycles. The topological polar surface area (TPSA) is 110 Å². The molecule has 34 heavy (non-hydrogen) atoms. The molecule has 0 saturated heterocycles. The maximum Gasteiger partial charge on any atom is 1.00 e. The fourth-order valence-electron chi connectivity index (χ4n) is 4.68. The van der Waals surface area contributed by atoms with Gasteiger partial charge in [0, 0.05) is 5.25 Å². The van der Waals surface area contributed by atoms with Gasteiger partial charge in [-0.3, -0.25) is 9.59 Å². The van der Waals surface area contributed by atoms with Crippen molar-refractivity contribution in [3.05, 3.63) is 0 Å². The summed E-state index contributed by atoms with van der Waals surface area (Å²) in [6.07, 6.45) is 7.06. The molecular weight excluding hydrogens is 467 g/mol. The average molecular weight is 513 g/mol. The molecule has 0 amide bonds. The van der Waals surface area contributed by atoms with E-state index >= 15 is 0 Å². The smallest absolute Gasteiger partial charge is 0.748 e. The summed E-state index contributed by atoms with van der Waals surface area (Å²) < 4.78 is 45.1. The Balaban J connectivity index is 0.0000109. The number of carbonyl (C=O) groups is 2. The Morgan fingerprint density at radius 2 is 1.53 bits per heavy atom. The van der Waals surface area contributed by atoms with Crippen molar-refractivity contribution < 1.29 is 61.6 Å². The van der Waals surface area contributed by atoms with Gasteiger partial charge in [0.2, 0.25) is 0 Å². The van der Waals surface area contributed by atoms with Crippen LogP contribution in [-0.2, 0) is 29.2 Å². The number of ether oxygens (including phenoxy) is 2. The van der Waals surface area contributed by atoms with Crippen LogP contribution in [-0.4, -0.2) is 43.4 Å². The van der Waals surface area contributed by atoms with E-state index in [9.17, 15) is 22.6 Å². The molecule has 0 aromatic heterocycles. The Morgan fingerprint density at radius 3 is 2.00 bits per heavy atom. The minimum atomic E-state index is -4.25. The van der Waals surface area contributed by atoms with Crippen molar-refractivity contribution >= 4 is 22.1 Å². The van der Waals surface area contributed by atoms with Crippen LogP contribution < -0.4 is 29.6 Å². The van der Waals surface area contributed by atoms with Crippen LogP contribution >= 0.6 is 0 Å². The Hall–Kier alpha value is -0.150. The van der Waals surface area contributed by atoms with E-state index in [1.807, 2.05) is 27.7 Å². The molecule has 1 rings (SSSR count). The molecule has 0 heterocycles. The first-order valence-electron chi connectivity index (χ1n) is 12.8. The molecule has 1 saturated carbocycles. The molecule has 1 aliphatic rings. The third-order valence-electron chi connectivity index (χ3n) is 7.36. The molecule has 3 unspecified atom stereocenters. The van der Waals surface area contributed by atoms with Crippen molar-refractivity contribution in [3.63, 3.8) is 0 Å². The standard InChI is InChI=1S/C25H46O7S.Na/c1-6-9-15-31-23(26)21(18-25(5,8-3)24(27)32-16-10-7-2)17-19(4)20-11-13-22(14-12-20)33(28,29)30;/h19-22H,6-18H2,1-5H3,(H,28,29,30);/q;+1/p-1. The molecular formula is C25H45NaO7S. The summed E-state index contributed by atoms with van der Waals surface area (Å²) in [5, 5.41) is -0.794. The predicted octanol–water partition coefficient (Wildman–Crippen LogP) is 2.23. The van der Waals surface area contributed by atoms with Gasteiger partial charge >= 0.3 is 41.5 Å². The molecule has 0 radical (unpaired) electrons. The van der Waals surface area contributed by atoms with Crippen LogP contribution in [0.25, 0.3) is 0 Å². The molecule has 1 aliphatic carbocycles. The summed E-state index contributed by atoms with van der Waals surface area (Å²) in [5.41, 5.74) is -0.768. The molecule has 9 heteroatoms. The number of hydrogen-bond donors (Lipinski definition) is 0. The third kappa shape index (κ3) is 11.3. The van der Waals surface area contributed by atoms with Gasteiger partial charge in [0.25, 0.3) is 0 Å². The SMILES string of the molecule is CCCCOC(=O)C(CC(C)C1CCC(S(=O)(=O)[O-])CC1)CC(C)(CC)C(=O)OCCCC.[Na+]. The van der Waals surface area contributed by atoms with Gasteiger partial charge in [0.1, 0.15) is 0 Å². The van der Waals surface area contributed by atoms with Crippen molar-refractivity contribution in [2.45, 2.75) is 110 Å². The zero-order valence-corrected chi connectivity index (χ0v) is 25.1. The Bertz CT molecular complexity index is 704. The minimum Gasteiger partial charge on any atom is -0.748 e. The summed E-state index contributed by atoms with van der Waals surface area (Å²) in [6, 6.07) is 0. The van der Waals surface area contributed by atoms with E-state index in [1.165, 1.54) is 0 Å². The van der Waals surface area contributed by atoms with Gasteiger partial charge in [-0.05, 0) is 76.5 Å². The fraction of sp³-hybridized carbons (Fsp3) is 0.920. The molecule has 3 atom stereocenters. The first kappa shape index (κ1) is 33.8. The number of rotatable bonds is 15. The third-order valence-corrected chi connectivity index (χ3v) is 8.65. The monoisotopic (exact) mass is 512 g/mol. The fourth-order valence-corrected chi connectivity index (χ4v) is 5.53. The van der Waals surface area contributed by atoms with Crippen LogP contribution in [0.15, 0.2) is 0 Å². The summed E-state index contributed by atoms with van der Waals surface area (Å²) in [4.78, 5) is 25.8. The Labute approximate surface area is 229 Å². The van der Waals surface area contributed by atoms with E-state index in [2.05, 4.69) is 6.92 Å². The second-order valence-corrected chi connectivity index (χ2v) is 11.7. The summed E-state index contributed by atoms with van der Waals surface area (Å²) in [6.45, 7) is 10.7. The quantitative estimate of drug-likeness (QED) is 0.143. The zero-order chi connectivity index (χ0) is 25.1. The van der Waals surface area contributed by atoms with Crippen LogP contribution in [0.1, 0.15) is 105 Å². The van der Waals surface area contributed by atoms with Crippen LogP contribution in [0.4, 0.5) is 0 Å². The molecule has 0 aromatic rings. The van der Waals surface area contributed by atoms with Gasteiger partial charge in [0.15, 0.2) is 0 Å². The number of carbonyl (C=O) groups excluding carboxylic acids is 2. The number of unbranched alkanes of at least 4 members (excludes halogenated alkanes) is 2. The first-order chi connectivity index (χ1) is 15.5. The van der Waals surface area contributed by atoms with Crippen LogP contribution in [0.3, 0.4) is 0 Å². The zero-order valence-electron chi connectivity index (χ0n) is 22.3. The average Bonchev–Trinajstić information content (AvgIpc) is 2.78. The molecule has 7 nitrogen and oxygen atoms in total. The predicted molar refractivity (Wildman–Crippen MR) is 127 cm³/mol. The van der Waals surface area contributed by atoms with E-state index in [4.69, 9.17) is 9.47 Å². The van der Waals surface area contributed by atoms with E-state index in [0.717, 1.165) is 25.7 Å². The molecule has 1 fully saturated rings. The number of hydrogen-bond acceptors (Lipinski definition) is 7. The van der Waals surface area contributed by atoms with Gasteiger partial charge < -0.3 is 14.0 Å². The molecule has 194 valence electrons. The number of esters is 2. The largest absolute Gasteiger partial charge is 1.00 e. The van der Waals surface area contributed by atoms with Crippen molar-refractivity contribution in [2.24, 2.45) is 23.2 Å². The van der Waals surface area contributed by atoms with Gasteiger partial charge in [0.05, 0.1) is 34.7 Å². The molecule has 0 spiro atoms. The maximum absolute atomic E-state index is 13.0. The van der Waals surface area contributed by atoms with Gasteiger partial charge in [-0.2, -0.15) is 0 Å². The summed E-state index contributed by atoms with van der Waals surface area (Å²) >= 11 is 0. The van der Waals surface area contributed by atoms with Crippen molar-refractivity contribution in [1.29, 1.82) is 0 Å². The molecule has 0 bridgehead atoms. The summed E-state index contributed by atoms with van der Waals surface area (Å²) in [5.74, 6) is -0.563. The van der Waals surface area contributed by atoms with E-state index in [-0.39, 0.29) is 53.3 Å². The van der Waals surface area contributed by atoms with E-state index in [1.54, 1.807) is 0 Å².